The molecule has 0 aromatic heterocycles. The third-order valence-corrected chi connectivity index (χ3v) is 8.57. The SMILES string of the molecule is CC1=CC(CC[C@@H]2c3c(OC/C(N)=C(\C(F)F)N(C)N)ccc(Cl)c3CCN2C(=O)[C@@H]2CCCC[C@@H]2C(=O)O)N=C1. The lowest BCUT2D eigenvalue weighted by atomic mass is 9.77. The number of rotatable bonds is 10. The molecule has 1 aromatic carbocycles. The molecule has 1 saturated carbocycles. The van der Waals surface area contributed by atoms with E-state index < -0.39 is 36.0 Å². The van der Waals surface area contributed by atoms with Crippen LogP contribution in [0.1, 0.15) is 62.6 Å². The van der Waals surface area contributed by atoms with Crippen molar-refractivity contribution in [2.75, 3.05) is 20.2 Å². The van der Waals surface area contributed by atoms with E-state index in [2.05, 4.69) is 11.1 Å². The number of allylic oxidation sites excluding steroid dienone is 2. The lowest BCUT2D eigenvalue weighted by molar-refractivity contribution is -0.153. The van der Waals surface area contributed by atoms with Crippen molar-refractivity contribution in [3.05, 3.63) is 51.3 Å². The molecule has 0 radical (unpaired) electrons. The van der Waals surface area contributed by atoms with Crippen molar-refractivity contribution >= 4 is 29.7 Å². The average Bonchev–Trinajstić information content (AvgIpc) is 3.35. The molecule has 41 heavy (non-hydrogen) atoms. The van der Waals surface area contributed by atoms with Gasteiger partial charge in [0.15, 0.2) is 0 Å². The van der Waals surface area contributed by atoms with Gasteiger partial charge in [-0.1, -0.05) is 30.5 Å². The van der Waals surface area contributed by atoms with E-state index in [0.717, 1.165) is 29.0 Å². The molecule has 1 fully saturated rings. The van der Waals surface area contributed by atoms with Crippen LogP contribution in [-0.4, -0.2) is 65.8 Å². The van der Waals surface area contributed by atoms with Gasteiger partial charge in [-0.3, -0.25) is 14.6 Å². The van der Waals surface area contributed by atoms with Crippen LogP contribution in [0, 0.1) is 11.8 Å². The van der Waals surface area contributed by atoms with E-state index in [1.54, 1.807) is 17.0 Å². The highest BCUT2D eigenvalue weighted by molar-refractivity contribution is 6.31. The van der Waals surface area contributed by atoms with Gasteiger partial charge in [0.25, 0.3) is 6.43 Å². The number of aliphatic carboxylic acids is 1. The van der Waals surface area contributed by atoms with Crippen molar-refractivity contribution in [2.24, 2.45) is 28.4 Å². The number of benzene rings is 1. The van der Waals surface area contributed by atoms with Crippen LogP contribution in [0.25, 0.3) is 0 Å². The summed E-state index contributed by atoms with van der Waals surface area (Å²) in [7, 11) is 1.27. The second kappa shape index (κ2) is 13.2. The fraction of sp³-hybridized carbons (Fsp3) is 0.552. The zero-order chi connectivity index (χ0) is 29.8. The Labute approximate surface area is 243 Å². The molecule has 2 heterocycles. The van der Waals surface area contributed by atoms with Gasteiger partial charge in [0.2, 0.25) is 5.91 Å². The van der Waals surface area contributed by atoms with E-state index in [1.165, 1.54) is 7.05 Å². The molecule has 3 aliphatic rings. The third kappa shape index (κ3) is 6.83. The second-order valence-electron chi connectivity index (χ2n) is 11.0. The normalized spacial score (nSPS) is 24.6. The fourth-order valence-corrected chi connectivity index (χ4v) is 6.50. The minimum atomic E-state index is -2.89. The summed E-state index contributed by atoms with van der Waals surface area (Å²) in [6.45, 7) is 2.00. The minimum absolute atomic E-state index is 0.0467. The average molecular weight is 594 g/mol. The summed E-state index contributed by atoms with van der Waals surface area (Å²) in [6.07, 6.45) is 5.14. The van der Waals surface area contributed by atoms with Crippen LogP contribution in [-0.2, 0) is 16.0 Å². The third-order valence-electron chi connectivity index (χ3n) is 8.22. The number of carboxylic acid groups (broad SMARTS) is 1. The van der Waals surface area contributed by atoms with Gasteiger partial charge in [-0.15, -0.1) is 0 Å². The van der Waals surface area contributed by atoms with Crippen LogP contribution in [0.2, 0.25) is 5.02 Å². The van der Waals surface area contributed by atoms with Crippen molar-refractivity contribution < 1.29 is 28.2 Å². The Kier molecular flexibility index (Phi) is 9.91. The summed E-state index contributed by atoms with van der Waals surface area (Å²) >= 11 is 6.64. The van der Waals surface area contributed by atoms with E-state index in [0.29, 0.717) is 55.0 Å². The number of hydrogen-bond acceptors (Lipinski definition) is 7. The Hall–Kier alpha value is -3.18. The number of hydrogen-bond donors (Lipinski definition) is 3. The largest absolute Gasteiger partial charge is 0.487 e. The van der Waals surface area contributed by atoms with Crippen LogP contribution >= 0.6 is 11.6 Å². The molecule has 4 atom stereocenters. The maximum absolute atomic E-state index is 14.1. The number of alkyl halides is 2. The van der Waals surface area contributed by atoms with Crippen molar-refractivity contribution in [1.29, 1.82) is 0 Å². The molecule has 4 rings (SSSR count). The second-order valence-corrected chi connectivity index (χ2v) is 11.4. The maximum Gasteiger partial charge on any atom is 0.307 e. The molecule has 1 unspecified atom stereocenters. The lowest BCUT2D eigenvalue weighted by Gasteiger charge is -2.42. The summed E-state index contributed by atoms with van der Waals surface area (Å²) in [5.41, 5.74) is 7.76. The van der Waals surface area contributed by atoms with E-state index in [1.807, 2.05) is 13.1 Å². The fourth-order valence-electron chi connectivity index (χ4n) is 6.24. The summed E-state index contributed by atoms with van der Waals surface area (Å²) in [4.78, 5) is 32.4. The number of nitrogens with zero attached hydrogens (tertiary/aromatic N) is 3. The molecule has 224 valence electrons. The Morgan fingerprint density at radius 3 is 2.56 bits per heavy atom. The molecular formula is C29H38ClF2N5O4. The number of hydrazine groups is 1. The van der Waals surface area contributed by atoms with Crippen LogP contribution in [0.4, 0.5) is 8.78 Å². The highest BCUT2D eigenvalue weighted by atomic mass is 35.5. The number of ether oxygens (including phenoxy) is 1. The van der Waals surface area contributed by atoms with E-state index >= 15 is 0 Å². The number of nitrogens with two attached hydrogens (primary N) is 2. The molecule has 2 aliphatic heterocycles. The standard InChI is InChI=1S/C29H38ClF2N5O4/c1-16-13-17(35-14-16)7-9-23-25-20(11-12-37(23)28(38)18-5-3-4-6-19(18)29(39)40)21(30)8-10-24(25)41-15-22(33)26(27(31)32)36(2)34/h8,10,13-14,17-19,23,27H,3-7,9,11-12,15,33-34H2,1-2H3,(H,39,40)/b26-22-/t17?,18-,19+,23-/m1/s1. The van der Waals surface area contributed by atoms with Gasteiger partial charge in [0.05, 0.1) is 29.6 Å². The number of carbonyl (C=O) groups excluding carboxylic acids is 1. The molecular weight excluding hydrogens is 556 g/mol. The molecule has 9 nitrogen and oxygen atoms in total. The van der Waals surface area contributed by atoms with Crippen molar-refractivity contribution in [3.63, 3.8) is 0 Å². The summed E-state index contributed by atoms with van der Waals surface area (Å²) in [5, 5.41) is 11.1. The summed E-state index contributed by atoms with van der Waals surface area (Å²) in [5.74, 6) is 3.45. The van der Waals surface area contributed by atoms with Crippen molar-refractivity contribution in [2.45, 2.75) is 70.4 Å². The van der Waals surface area contributed by atoms with Gasteiger partial charge in [0, 0.05) is 30.4 Å². The molecule has 0 spiro atoms. The summed E-state index contributed by atoms with van der Waals surface area (Å²) in [6, 6.07) is 2.82. The number of fused-ring (bicyclic) bond motifs is 1. The molecule has 0 bridgehead atoms. The van der Waals surface area contributed by atoms with Crippen molar-refractivity contribution in [1.82, 2.24) is 9.91 Å². The lowest BCUT2D eigenvalue weighted by Crippen LogP contribution is -2.47. The number of amides is 1. The first-order chi connectivity index (χ1) is 19.5. The number of aliphatic imine (C=N–C) groups is 1. The Morgan fingerprint density at radius 2 is 1.95 bits per heavy atom. The molecule has 1 aromatic rings. The zero-order valence-electron chi connectivity index (χ0n) is 23.4. The molecule has 1 aliphatic carbocycles. The first kappa shape index (κ1) is 30.8. The monoisotopic (exact) mass is 593 g/mol. The first-order valence-corrected chi connectivity index (χ1v) is 14.3. The smallest absolute Gasteiger partial charge is 0.307 e. The Balaban J connectivity index is 1.71. The molecule has 5 N–H and O–H groups in total. The van der Waals surface area contributed by atoms with Gasteiger partial charge in [-0.05, 0) is 62.3 Å². The van der Waals surface area contributed by atoms with Crippen molar-refractivity contribution in [3.8, 4) is 5.75 Å². The van der Waals surface area contributed by atoms with Gasteiger partial charge in [-0.25, -0.2) is 14.6 Å². The topological polar surface area (TPSA) is 134 Å². The highest BCUT2D eigenvalue weighted by Gasteiger charge is 2.42. The van der Waals surface area contributed by atoms with Crippen LogP contribution < -0.4 is 16.3 Å². The number of carboxylic acids is 1. The Bertz CT molecular complexity index is 1240. The predicted molar refractivity (Wildman–Crippen MR) is 153 cm³/mol. The van der Waals surface area contributed by atoms with Gasteiger partial charge in [-0.2, -0.15) is 0 Å². The van der Waals surface area contributed by atoms with E-state index in [4.69, 9.17) is 27.9 Å². The van der Waals surface area contributed by atoms with E-state index in [-0.39, 0.29) is 24.3 Å². The minimum Gasteiger partial charge on any atom is -0.487 e. The van der Waals surface area contributed by atoms with Crippen LogP contribution in [0.15, 0.2) is 40.2 Å². The quantitative estimate of drug-likeness (QED) is 0.269. The van der Waals surface area contributed by atoms with Crippen LogP contribution in [0.3, 0.4) is 0 Å². The van der Waals surface area contributed by atoms with Gasteiger partial charge < -0.3 is 25.5 Å². The number of halogens is 3. The van der Waals surface area contributed by atoms with Gasteiger partial charge in [0.1, 0.15) is 18.1 Å². The van der Waals surface area contributed by atoms with E-state index in [9.17, 15) is 23.5 Å². The molecule has 0 saturated heterocycles. The zero-order valence-corrected chi connectivity index (χ0v) is 24.1. The number of carbonyl (C=O) groups is 2. The highest BCUT2D eigenvalue weighted by Crippen LogP contribution is 2.44. The van der Waals surface area contributed by atoms with Crippen LogP contribution in [0.5, 0.6) is 5.75 Å². The predicted octanol–water partition coefficient (Wildman–Crippen LogP) is 4.46. The Morgan fingerprint density at radius 1 is 1.24 bits per heavy atom. The summed E-state index contributed by atoms with van der Waals surface area (Å²) < 4.78 is 33.1. The molecule has 12 heteroatoms. The molecule has 1 amide bonds. The maximum atomic E-state index is 14.1. The van der Waals surface area contributed by atoms with Gasteiger partial charge >= 0.3 is 5.97 Å². The first-order valence-electron chi connectivity index (χ1n) is 13.9.